The highest BCUT2D eigenvalue weighted by Crippen LogP contribution is 2.17. The number of para-hydroxylation sites is 1. The number of benzene rings is 2. The molecule has 0 aromatic heterocycles. The Bertz CT molecular complexity index is 783. The normalized spacial score (nSPS) is 14.2. The van der Waals surface area contributed by atoms with E-state index < -0.39 is 0 Å². The predicted octanol–water partition coefficient (Wildman–Crippen LogP) is 4.17. The molecule has 3 rings (SSSR count). The Balaban J connectivity index is 1.63. The van der Waals surface area contributed by atoms with Gasteiger partial charge in [-0.3, -0.25) is 9.59 Å². The van der Waals surface area contributed by atoms with Crippen LogP contribution in [0.5, 0.6) is 0 Å². The number of likely N-dealkylation sites (N-methyl/N-ethyl adjacent to an activating group) is 1. The molecule has 28 heavy (non-hydrogen) atoms. The number of rotatable bonds is 6. The van der Waals surface area contributed by atoms with Gasteiger partial charge in [-0.2, -0.15) is 0 Å². The van der Waals surface area contributed by atoms with Crippen molar-refractivity contribution in [1.29, 1.82) is 0 Å². The van der Waals surface area contributed by atoms with Gasteiger partial charge in [-0.25, -0.2) is 0 Å². The average molecular weight is 380 g/mol. The highest BCUT2D eigenvalue weighted by molar-refractivity contribution is 5.98. The van der Waals surface area contributed by atoms with E-state index in [2.05, 4.69) is 5.32 Å². The van der Waals surface area contributed by atoms with Crippen molar-refractivity contribution in [3.05, 3.63) is 60.2 Å². The molecule has 5 heteroatoms. The molecule has 0 unspecified atom stereocenters. The van der Waals surface area contributed by atoms with Crippen LogP contribution < -0.4 is 10.2 Å². The third-order valence-corrected chi connectivity index (χ3v) is 5.12. The standard InChI is InChI=1S/C23H29N3O2/c1-2-25(21-13-6-5-7-14-21)18-22(27)24-20-12-10-11-19(17-20)23(28)26-15-8-3-4-9-16-26/h5-7,10-14,17H,2-4,8-9,15-16,18H2,1H3,(H,24,27). The lowest BCUT2D eigenvalue weighted by atomic mass is 10.1. The van der Waals surface area contributed by atoms with Gasteiger partial charge in [0.25, 0.3) is 5.91 Å². The fourth-order valence-corrected chi connectivity index (χ4v) is 3.58. The lowest BCUT2D eigenvalue weighted by molar-refractivity contribution is -0.115. The fraction of sp³-hybridized carbons (Fsp3) is 0.391. The van der Waals surface area contributed by atoms with Gasteiger partial charge in [0.1, 0.15) is 0 Å². The van der Waals surface area contributed by atoms with Crippen molar-refractivity contribution in [1.82, 2.24) is 4.90 Å². The number of likely N-dealkylation sites (tertiary alicyclic amines) is 1. The minimum atomic E-state index is -0.0925. The van der Waals surface area contributed by atoms with Crippen LogP contribution in [-0.4, -0.2) is 42.9 Å². The van der Waals surface area contributed by atoms with Crippen molar-refractivity contribution >= 4 is 23.2 Å². The summed E-state index contributed by atoms with van der Waals surface area (Å²) in [6.07, 6.45) is 4.51. The highest BCUT2D eigenvalue weighted by Gasteiger charge is 2.18. The summed E-state index contributed by atoms with van der Waals surface area (Å²) in [5.74, 6) is -0.0393. The first-order chi connectivity index (χ1) is 13.7. The molecule has 148 valence electrons. The third-order valence-electron chi connectivity index (χ3n) is 5.12. The topological polar surface area (TPSA) is 52.7 Å². The smallest absolute Gasteiger partial charge is 0.253 e. The van der Waals surface area contributed by atoms with Crippen LogP contribution in [0.1, 0.15) is 43.0 Å². The molecule has 1 aliphatic heterocycles. The molecule has 2 aromatic rings. The summed E-state index contributed by atoms with van der Waals surface area (Å²) < 4.78 is 0. The zero-order valence-electron chi connectivity index (χ0n) is 16.6. The van der Waals surface area contributed by atoms with Crippen LogP contribution in [-0.2, 0) is 4.79 Å². The first-order valence-electron chi connectivity index (χ1n) is 10.2. The molecule has 0 radical (unpaired) electrons. The summed E-state index contributed by atoms with van der Waals surface area (Å²) in [6.45, 7) is 4.67. The Morgan fingerprint density at radius 2 is 1.68 bits per heavy atom. The van der Waals surface area contributed by atoms with E-state index in [1.165, 1.54) is 12.8 Å². The summed E-state index contributed by atoms with van der Waals surface area (Å²) in [5, 5.41) is 2.94. The monoisotopic (exact) mass is 379 g/mol. The first-order valence-corrected chi connectivity index (χ1v) is 10.2. The van der Waals surface area contributed by atoms with E-state index in [9.17, 15) is 9.59 Å². The Morgan fingerprint density at radius 3 is 2.36 bits per heavy atom. The predicted molar refractivity (Wildman–Crippen MR) is 114 cm³/mol. The number of anilines is 2. The molecule has 2 amide bonds. The van der Waals surface area contributed by atoms with Crippen LogP contribution in [0.2, 0.25) is 0 Å². The van der Waals surface area contributed by atoms with Crippen molar-refractivity contribution in [2.45, 2.75) is 32.6 Å². The molecule has 1 fully saturated rings. The summed E-state index contributed by atoms with van der Waals surface area (Å²) in [7, 11) is 0. The van der Waals surface area contributed by atoms with Gasteiger partial charge in [0, 0.05) is 36.6 Å². The van der Waals surface area contributed by atoms with Crippen LogP contribution in [0.15, 0.2) is 54.6 Å². The summed E-state index contributed by atoms with van der Waals surface area (Å²) >= 11 is 0. The molecular weight excluding hydrogens is 350 g/mol. The molecule has 5 nitrogen and oxygen atoms in total. The maximum Gasteiger partial charge on any atom is 0.253 e. The summed E-state index contributed by atoms with van der Waals surface area (Å²) in [5.41, 5.74) is 2.31. The zero-order chi connectivity index (χ0) is 19.8. The second-order valence-corrected chi connectivity index (χ2v) is 7.19. The second kappa shape index (κ2) is 9.93. The number of nitrogens with zero attached hydrogens (tertiary/aromatic N) is 2. The van der Waals surface area contributed by atoms with Crippen LogP contribution in [0, 0.1) is 0 Å². The van der Waals surface area contributed by atoms with E-state index in [0.29, 0.717) is 11.3 Å². The van der Waals surface area contributed by atoms with E-state index in [0.717, 1.165) is 38.2 Å². The molecule has 2 aromatic carbocycles. The number of amides is 2. The number of hydrogen-bond donors (Lipinski definition) is 1. The third kappa shape index (κ3) is 5.35. The van der Waals surface area contributed by atoms with Gasteiger partial charge >= 0.3 is 0 Å². The van der Waals surface area contributed by atoms with Crippen LogP contribution in [0.25, 0.3) is 0 Å². The SMILES string of the molecule is CCN(CC(=O)Nc1cccc(C(=O)N2CCCCCC2)c1)c1ccccc1. The van der Waals surface area contributed by atoms with Crippen molar-refractivity contribution in [3.63, 3.8) is 0 Å². The molecule has 0 spiro atoms. The molecule has 0 atom stereocenters. The molecule has 0 aliphatic carbocycles. The van der Waals surface area contributed by atoms with Gasteiger partial charge in [0.05, 0.1) is 6.54 Å². The van der Waals surface area contributed by atoms with E-state index in [-0.39, 0.29) is 18.4 Å². The van der Waals surface area contributed by atoms with Crippen LogP contribution in [0.3, 0.4) is 0 Å². The molecule has 0 bridgehead atoms. The minimum Gasteiger partial charge on any atom is -0.362 e. The maximum atomic E-state index is 12.8. The van der Waals surface area contributed by atoms with Crippen molar-refractivity contribution in [2.75, 3.05) is 36.4 Å². The average Bonchev–Trinajstić information content (AvgIpc) is 3.02. The Kier molecular flexibility index (Phi) is 7.06. The molecular formula is C23H29N3O2. The molecule has 1 saturated heterocycles. The molecule has 0 saturated carbocycles. The van der Waals surface area contributed by atoms with E-state index in [1.807, 2.05) is 65.3 Å². The fourth-order valence-electron chi connectivity index (χ4n) is 3.58. The number of carbonyl (C=O) groups is 2. The molecule has 1 heterocycles. The summed E-state index contributed by atoms with van der Waals surface area (Å²) in [6, 6.07) is 17.2. The van der Waals surface area contributed by atoms with Gasteiger partial charge in [-0.1, -0.05) is 37.1 Å². The van der Waals surface area contributed by atoms with Gasteiger partial charge in [-0.05, 0) is 50.1 Å². The summed E-state index contributed by atoms with van der Waals surface area (Å²) in [4.78, 5) is 29.3. The van der Waals surface area contributed by atoms with Crippen LogP contribution >= 0.6 is 0 Å². The minimum absolute atomic E-state index is 0.0532. The Hall–Kier alpha value is -2.82. The number of hydrogen-bond acceptors (Lipinski definition) is 3. The maximum absolute atomic E-state index is 12.8. The van der Waals surface area contributed by atoms with Gasteiger partial charge in [-0.15, -0.1) is 0 Å². The van der Waals surface area contributed by atoms with E-state index >= 15 is 0 Å². The van der Waals surface area contributed by atoms with Crippen molar-refractivity contribution in [2.24, 2.45) is 0 Å². The lowest BCUT2D eigenvalue weighted by Crippen LogP contribution is -2.33. The largest absolute Gasteiger partial charge is 0.362 e. The molecule has 1 aliphatic rings. The quantitative estimate of drug-likeness (QED) is 0.820. The van der Waals surface area contributed by atoms with E-state index in [4.69, 9.17) is 0 Å². The number of carbonyl (C=O) groups excluding carboxylic acids is 2. The Morgan fingerprint density at radius 1 is 0.964 bits per heavy atom. The highest BCUT2D eigenvalue weighted by atomic mass is 16.2. The van der Waals surface area contributed by atoms with Gasteiger partial charge in [0.15, 0.2) is 0 Å². The van der Waals surface area contributed by atoms with Crippen molar-refractivity contribution in [3.8, 4) is 0 Å². The van der Waals surface area contributed by atoms with E-state index in [1.54, 1.807) is 6.07 Å². The Labute approximate surface area is 167 Å². The second-order valence-electron chi connectivity index (χ2n) is 7.19. The van der Waals surface area contributed by atoms with Crippen molar-refractivity contribution < 1.29 is 9.59 Å². The first kappa shape index (κ1) is 19.9. The lowest BCUT2D eigenvalue weighted by Gasteiger charge is -2.23. The zero-order valence-corrected chi connectivity index (χ0v) is 16.6. The van der Waals surface area contributed by atoms with Crippen LogP contribution in [0.4, 0.5) is 11.4 Å². The van der Waals surface area contributed by atoms with Gasteiger partial charge < -0.3 is 15.1 Å². The van der Waals surface area contributed by atoms with Gasteiger partial charge in [0.2, 0.25) is 5.91 Å². The number of nitrogens with one attached hydrogen (secondary N) is 1. The molecule has 1 N–H and O–H groups in total.